The molecule has 0 bridgehead atoms. The van der Waals surface area contributed by atoms with Gasteiger partial charge in [0.05, 0.1) is 22.3 Å². The number of para-hydroxylation sites is 2. The van der Waals surface area contributed by atoms with E-state index >= 15 is 0 Å². The van der Waals surface area contributed by atoms with Crippen LogP contribution in [0.5, 0.6) is 23.0 Å². The first-order valence-corrected chi connectivity index (χ1v) is 10.8. The number of cyclic esters (lactones) is 4. The second kappa shape index (κ2) is 8.21. The summed E-state index contributed by atoms with van der Waals surface area (Å²) in [4.78, 5) is 47.3. The molecule has 0 saturated carbocycles. The Morgan fingerprint density at radius 3 is 1.25 bits per heavy atom. The van der Waals surface area contributed by atoms with Crippen LogP contribution in [-0.4, -0.2) is 23.9 Å². The summed E-state index contributed by atoms with van der Waals surface area (Å²) in [6.07, 6.45) is 0. The summed E-state index contributed by atoms with van der Waals surface area (Å²) in [5.41, 5.74) is 2.07. The zero-order valence-electron chi connectivity index (χ0n) is 18.3. The Hall–Kier alpha value is -5.24. The highest BCUT2D eigenvalue weighted by molar-refractivity contribution is 6.15. The van der Waals surface area contributed by atoms with Crippen LogP contribution in [0.15, 0.2) is 84.9 Å². The molecule has 8 heteroatoms. The van der Waals surface area contributed by atoms with Gasteiger partial charge in [-0.2, -0.15) is 0 Å². The molecule has 0 aromatic heterocycles. The topological polar surface area (TPSA) is 105 Å². The van der Waals surface area contributed by atoms with Gasteiger partial charge in [0, 0.05) is 11.1 Å². The second-order valence-electron chi connectivity index (χ2n) is 7.97. The van der Waals surface area contributed by atoms with Crippen LogP contribution >= 0.6 is 0 Å². The van der Waals surface area contributed by atoms with Gasteiger partial charge in [-0.1, -0.05) is 36.4 Å². The van der Waals surface area contributed by atoms with E-state index in [0.29, 0.717) is 34.1 Å². The largest absolute Gasteiger partial charge is 0.457 e. The predicted molar refractivity (Wildman–Crippen MR) is 124 cm³/mol. The van der Waals surface area contributed by atoms with E-state index in [2.05, 4.69) is 9.47 Å². The number of benzene rings is 4. The van der Waals surface area contributed by atoms with Gasteiger partial charge in [0.1, 0.15) is 23.0 Å². The van der Waals surface area contributed by atoms with Gasteiger partial charge in [0.15, 0.2) is 0 Å². The van der Waals surface area contributed by atoms with Gasteiger partial charge in [-0.15, -0.1) is 0 Å². The average molecular weight is 478 g/mol. The monoisotopic (exact) mass is 478 g/mol. The molecule has 0 aliphatic carbocycles. The van der Waals surface area contributed by atoms with Crippen molar-refractivity contribution in [1.82, 2.24) is 0 Å². The third-order valence-corrected chi connectivity index (χ3v) is 5.75. The van der Waals surface area contributed by atoms with Crippen molar-refractivity contribution in [1.29, 1.82) is 0 Å². The van der Waals surface area contributed by atoms with Gasteiger partial charge in [-0.3, -0.25) is 0 Å². The molecule has 0 unspecified atom stereocenters. The van der Waals surface area contributed by atoms with Crippen LogP contribution in [0.25, 0.3) is 11.1 Å². The molecule has 0 N–H and O–H groups in total. The van der Waals surface area contributed by atoms with E-state index in [9.17, 15) is 19.2 Å². The number of rotatable bonds is 5. The van der Waals surface area contributed by atoms with Crippen molar-refractivity contribution in [2.24, 2.45) is 0 Å². The molecule has 2 aliphatic rings. The Kier molecular flexibility index (Phi) is 4.86. The normalized spacial score (nSPS) is 13.7. The Balaban J connectivity index is 1.34. The Bertz CT molecular complexity index is 1500. The van der Waals surface area contributed by atoms with Gasteiger partial charge in [-0.25, -0.2) is 19.2 Å². The molecule has 0 fully saturated rings. The summed E-state index contributed by atoms with van der Waals surface area (Å²) >= 11 is 0. The molecular formula is C28H14O8. The van der Waals surface area contributed by atoms with Gasteiger partial charge in [0.2, 0.25) is 0 Å². The lowest BCUT2D eigenvalue weighted by Gasteiger charge is -2.15. The lowest BCUT2D eigenvalue weighted by atomic mass is 10.0. The lowest BCUT2D eigenvalue weighted by molar-refractivity contribution is 0.0425. The number of fused-ring (bicyclic) bond motifs is 2. The van der Waals surface area contributed by atoms with Crippen molar-refractivity contribution in [2.45, 2.75) is 0 Å². The Labute approximate surface area is 203 Å². The van der Waals surface area contributed by atoms with Crippen molar-refractivity contribution >= 4 is 23.9 Å². The molecule has 0 amide bonds. The molecule has 0 radical (unpaired) electrons. The highest BCUT2D eigenvalue weighted by atomic mass is 16.6. The minimum absolute atomic E-state index is 0.146. The van der Waals surface area contributed by atoms with Crippen LogP contribution in [0.1, 0.15) is 41.4 Å². The molecule has 6 rings (SSSR count). The minimum atomic E-state index is -0.715. The number of hydrogen-bond acceptors (Lipinski definition) is 8. The first-order chi connectivity index (χ1) is 17.5. The van der Waals surface area contributed by atoms with E-state index in [1.807, 2.05) is 24.3 Å². The summed E-state index contributed by atoms with van der Waals surface area (Å²) in [5.74, 6) is -1.13. The Morgan fingerprint density at radius 1 is 0.417 bits per heavy atom. The highest BCUT2D eigenvalue weighted by Crippen LogP contribution is 2.40. The van der Waals surface area contributed by atoms with Crippen LogP contribution in [0.4, 0.5) is 0 Å². The molecule has 8 nitrogen and oxygen atoms in total. The molecular weight excluding hydrogens is 464 g/mol. The number of esters is 4. The van der Waals surface area contributed by atoms with Crippen molar-refractivity contribution in [3.8, 4) is 34.1 Å². The van der Waals surface area contributed by atoms with Gasteiger partial charge in [-0.05, 0) is 48.5 Å². The van der Waals surface area contributed by atoms with E-state index < -0.39 is 23.9 Å². The molecule has 174 valence electrons. The van der Waals surface area contributed by atoms with Crippen LogP contribution in [0.2, 0.25) is 0 Å². The van der Waals surface area contributed by atoms with E-state index in [1.165, 1.54) is 24.3 Å². The molecule has 0 saturated heterocycles. The van der Waals surface area contributed by atoms with Crippen molar-refractivity contribution < 1.29 is 38.1 Å². The third-order valence-electron chi connectivity index (χ3n) is 5.75. The summed E-state index contributed by atoms with van der Waals surface area (Å²) < 4.78 is 21.5. The minimum Gasteiger partial charge on any atom is -0.457 e. The van der Waals surface area contributed by atoms with E-state index in [-0.39, 0.29) is 22.3 Å². The van der Waals surface area contributed by atoms with Gasteiger partial charge in [0.25, 0.3) is 0 Å². The molecule has 0 spiro atoms. The maximum Gasteiger partial charge on any atom is 0.347 e. The van der Waals surface area contributed by atoms with E-state index in [0.717, 1.165) is 0 Å². The number of ether oxygens (including phenoxy) is 4. The molecule has 2 aliphatic heterocycles. The van der Waals surface area contributed by atoms with Crippen molar-refractivity contribution in [3.05, 3.63) is 107 Å². The number of carbonyl (C=O) groups is 4. The predicted octanol–water partition coefficient (Wildman–Crippen LogP) is 5.56. The zero-order chi connectivity index (χ0) is 24.8. The van der Waals surface area contributed by atoms with Gasteiger partial charge < -0.3 is 18.9 Å². The highest BCUT2D eigenvalue weighted by Gasteiger charge is 2.31. The van der Waals surface area contributed by atoms with Gasteiger partial charge >= 0.3 is 23.9 Å². The molecule has 0 atom stereocenters. The van der Waals surface area contributed by atoms with Crippen molar-refractivity contribution in [3.63, 3.8) is 0 Å². The molecule has 2 heterocycles. The second-order valence-corrected chi connectivity index (χ2v) is 7.97. The van der Waals surface area contributed by atoms with Crippen molar-refractivity contribution in [2.75, 3.05) is 0 Å². The van der Waals surface area contributed by atoms with Crippen LogP contribution < -0.4 is 9.47 Å². The number of carbonyl (C=O) groups excluding carboxylic acids is 4. The smallest absolute Gasteiger partial charge is 0.347 e. The summed E-state index contributed by atoms with van der Waals surface area (Å²) in [5, 5.41) is 0. The summed E-state index contributed by atoms with van der Waals surface area (Å²) in [7, 11) is 0. The van der Waals surface area contributed by atoms with Crippen LogP contribution in [0, 0.1) is 0 Å². The molecule has 4 aromatic carbocycles. The average Bonchev–Trinajstić information content (AvgIpc) is 3.33. The molecule has 4 aromatic rings. The van der Waals surface area contributed by atoms with Crippen LogP contribution in [-0.2, 0) is 9.47 Å². The molecule has 36 heavy (non-hydrogen) atoms. The first-order valence-electron chi connectivity index (χ1n) is 10.8. The SMILES string of the molecule is O=C1OC(=O)c2cc(Oc3ccccc3-c3ccccc3Oc3ccc4c(c3)C(=O)OC4=O)ccc21. The van der Waals surface area contributed by atoms with E-state index in [4.69, 9.17) is 9.47 Å². The maximum absolute atomic E-state index is 11.9. The fourth-order valence-electron chi connectivity index (χ4n) is 4.07. The lowest BCUT2D eigenvalue weighted by Crippen LogP contribution is -1.97. The maximum atomic E-state index is 11.9. The zero-order valence-corrected chi connectivity index (χ0v) is 18.3. The summed E-state index contributed by atoms with van der Waals surface area (Å²) in [6.45, 7) is 0. The van der Waals surface area contributed by atoms with E-state index in [1.54, 1.807) is 36.4 Å². The quantitative estimate of drug-likeness (QED) is 0.271. The van der Waals surface area contributed by atoms with Crippen LogP contribution in [0.3, 0.4) is 0 Å². The fourth-order valence-corrected chi connectivity index (χ4v) is 4.07. The fraction of sp³-hybridized carbons (Fsp3) is 0. The summed E-state index contributed by atoms with van der Waals surface area (Å²) in [6, 6.07) is 23.6. The standard InChI is InChI=1S/C28H14O8/c29-25-19-11-9-15(13-21(19)27(31)35-25)33-23-7-3-1-5-17(23)18-6-2-4-8-24(18)34-16-10-12-20-22(14-16)28(32)36-26(20)30/h1-14H. The third kappa shape index (κ3) is 3.57. The first kappa shape index (κ1) is 21.3. The number of hydrogen-bond donors (Lipinski definition) is 0. The Morgan fingerprint density at radius 2 is 0.806 bits per heavy atom.